The first-order valence-electron chi connectivity index (χ1n) is 5.82. The molecule has 0 aliphatic rings. The maximum Gasteiger partial charge on any atom is 0.187 e. The molecule has 1 aromatic rings. The fourth-order valence-electron chi connectivity index (χ4n) is 1.40. The summed E-state index contributed by atoms with van der Waals surface area (Å²) >= 11 is 1.66. The van der Waals surface area contributed by atoms with E-state index >= 15 is 0 Å². The van der Waals surface area contributed by atoms with Gasteiger partial charge < -0.3 is 10.4 Å². The van der Waals surface area contributed by atoms with Crippen molar-refractivity contribution in [3.05, 3.63) is 18.0 Å². The lowest BCUT2D eigenvalue weighted by atomic mass is 9.98. The third kappa shape index (κ3) is 5.02. The van der Waals surface area contributed by atoms with Crippen molar-refractivity contribution in [1.29, 1.82) is 0 Å². The first-order valence-corrected chi connectivity index (χ1v) is 6.80. The molecule has 0 aliphatic carbocycles. The highest BCUT2D eigenvalue weighted by Crippen LogP contribution is 2.18. The number of likely N-dealkylation sites (N-methyl/N-ethyl adjacent to an activating group) is 1. The van der Waals surface area contributed by atoms with Crippen LogP contribution in [0.1, 0.15) is 25.5 Å². The monoisotopic (exact) mass is 255 g/mol. The molecule has 0 bridgehead atoms. The van der Waals surface area contributed by atoms with Crippen molar-refractivity contribution in [3.63, 3.8) is 0 Å². The second-order valence-corrected chi connectivity index (χ2v) is 5.46. The zero-order valence-electron chi connectivity index (χ0n) is 10.7. The number of nitrogens with one attached hydrogen (secondary N) is 1. The van der Waals surface area contributed by atoms with Crippen LogP contribution in [0.3, 0.4) is 0 Å². The van der Waals surface area contributed by atoms with Crippen LogP contribution < -0.4 is 5.32 Å². The quantitative estimate of drug-likeness (QED) is 0.440. The number of rotatable bonds is 7. The van der Waals surface area contributed by atoms with Crippen LogP contribution in [0.25, 0.3) is 0 Å². The van der Waals surface area contributed by atoms with E-state index in [-0.39, 0.29) is 12.1 Å². The fourth-order valence-corrected chi connectivity index (χ4v) is 2.22. The van der Waals surface area contributed by atoms with Crippen LogP contribution in [0.15, 0.2) is 17.4 Å². The summed E-state index contributed by atoms with van der Waals surface area (Å²) in [5.74, 6) is 0.973. The van der Waals surface area contributed by atoms with E-state index in [1.807, 2.05) is 27.0 Å². The van der Waals surface area contributed by atoms with E-state index in [0.29, 0.717) is 0 Å². The minimum absolute atomic E-state index is 0.162. The summed E-state index contributed by atoms with van der Waals surface area (Å²) in [4.78, 5) is 8.54. The Balaban J connectivity index is 2.29. The molecule has 0 radical (unpaired) electrons. The Labute approximate surface area is 107 Å². The summed E-state index contributed by atoms with van der Waals surface area (Å²) in [5, 5.41) is 13.2. The molecule has 4 nitrogen and oxygen atoms in total. The van der Waals surface area contributed by atoms with Crippen LogP contribution in [0.2, 0.25) is 0 Å². The van der Waals surface area contributed by atoms with Crippen molar-refractivity contribution < 1.29 is 5.11 Å². The molecule has 0 fully saturated rings. The first kappa shape index (κ1) is 14.4. The van der Waals surface area contributed by atoms with Gasteiger partial charge in [-0.2, -0.15) is 0 Å². The van der Waals surface area contributed by atoms with E-state index in [4.69, 9.17) is 0 Å². The normalized spacial score (nSPS) is 14.6. The number of aliphatic hydroxyl groups excluding tert-OH is 1. The van der Waals surface area contributed by atoms with Crippen LogP contribution in [-0.2, 0) is 0 Å². The summed E-state index contributed by atoms with van der Waals surface area (Å²) in [5.41, 5.74) is 0.825. The largest absolute Gasteiger partial charge is 0.394 e. The lowest BCUT2D eigenvalue weighted by Crippen LogP contribution is -2.43. The smallest absolute Gasteiger partial charge is 0.187 e. The zero-order chi connectivity index (χ0) is 12.7. The van der Waals surface area contributed by atoms with Gasteiger partial charge in [-0.15, -0.1) is 0 Å². The van der Waals surface area contributed by atoms with Crippen LogP contribution in [0, 0.1) is 6.92 Å². The van der Waals surface area contributed by atoms with Gasteiger partial charge in [0.15, 0.2) is 5.16 Å². The topological polar surface area (TPSA) is 58.0 Å². The Hall–Kier alpha value is -0.650. The number of aryl methyl sites for hydroxylation is 1. The molecular weight excluding hydrogens is 234 g/mol. The Morgan fingerprint density at radius 1 is 1.53 bits per heavy atom. The highest BCUT2D eigenvalue weighted by atomic mass is 32.2. The van der Waals surface area contributed by atoms with Crippen molar-refractivity contribution in [1.82, 2.24) is 15.3 Å². The summed E-state index contributed by atoms with van der Waals surface area (Å²) in [6, 6.07) is 1.90. The van der Waals surface area contributed by atoms with Crippen molar-refractivity contribution in [2.75, 3.05) is 19.4 Å². The molecule has 1 unspecified atom stereocenters. The predicted octanol–water partition coefficient (Wildman–Crippen LogP) is 1.63. The number of aromatic nitrogens is 2. The van der Waals surface area contributed by atoms with Gasteiger partial charge in [0.1, 0.15) is 0 Å². The average molecular weight is 255 g/mol. The Morgan fingerprint density at radius 3 is 2.88 bits per heavy atom. The van der Waals surface area contributed by atoms with E-state index in [0.717, 1.165) is 29.4 Å². The highest BCUT2D eigenvalue weighted by molar-refractivity contribution is 7.99. The lowest BCUT2D eigenvalue weighted by Gasteiger charge is -2.26. The molecule has 0 aliphatic heterocycles. The van der Waals surface area contributed by atoms with E-state index in [9.17, 15) is 5.11 Å². The van der Waals surface area contributed by atoms with Gasteiger partial charge in [-0.1, -0.05) is 11.8 Å². The van der Waals surface area contributed by atoms with Gasteiger partial charge in [-0.3, -0.25) is 0 Å². The van der Waals surface area contributed by atoms with E-state index in [1.165, 1.54) is 0 Å². The molecule has 1 atom stereocenters. The SMILES string of the molecule is CNC(C)(CO)CCCSc1nccc(C)n1. The van der Waals surface area contributed by atoms with Gasteiger partial charge in [0, 0.05) is 23.2 Å². The number of thioether (sulfide) groups is 1. The number of nitrogens with zero attached hydrogens (tertiary/aromatic N) is 2. The fraction of sp³-hybridized carbons (Fsp3) is 0.667. The van der Waals surface area contributed by atoms with Gasteiger partial charge in [-0.05, 0) is 39.8 Å². The van der Waals surface area contributed by atoms with Crippen molar-refractivity contribution in [3.8, 4) is 0 Å². The molecule has 1 aromatic heterocycles. The second kappa shape index (κ2) is 6.93. The molecule has 2 N–H and O–H groups in total. The molecule has 96 valence electrons. The first-order chi connectivity index (χ1) is 8.09. The predicted molar refractivity (Wildman–Crippen MR) is 71.3 cm³/mol. The van der Waals surface area contributed by atoms with Crippen LogP contribution in [0.4, 0.5) is 0 Å². The van der Waals surface area contributed by atoms with E-state index < -0.39 is 0 Å². The molecule has 17 heavy (non-hydrogen) atoms. The molecule has 0 saturated heterocycles. The molecule has 5 heteroatoms. The average Bonchev–Trinajstić information content (AvgIpc) is 2.34. The van der Waals surface area contributed by atoms with E-state index in [2.05, 4.69) is 15.3 Å². The Kier molecular flexibility index (Phi) is 5.88. The third-order valence-electron chi connectivity index (χ3n) is 2.83. The molecule has 1 rings (SSSR count). The Bertz CT molecular complexity index is 342. The highest BCUT2D eigenvalue weighted by Gasteiger charge is 2.19. The number of hydrogen-bond donors (Lipinski definition) is 2. The van der Waals surface area contributed by atoms with Gasteiger partial charge in [0.2, 0.25) is 0 Å². The number of hydrogen-bond acceptors (Lipinski definition) is 5. The second-order valence-electron chi connectivity index (χ2n) is 4.40. The molecular formula is C12H21N3OS. The molecule has 0 spiro atoms. The van der Waals surface area contributed by atoms with Gasteiger partial charge in [-0.25, -0.2) is 9.97 Å². The molecule has 0 amide bonds. The third-order valence-corrected chi connectivity index (χ3v) is 3.78. The summed E-state index contributed by atoms with van der Waals surface area (Å²) in [6.45, 7) is 4.16. The van der Waals surface area contributed by atoms with Crippen molar-refractivity contribution in [2.24, 2.45) is 0 Å². The summed E-state index contributed by atoms with van der Waals surface area (Å²) < 4.78 is 0. The van der Waals surface area contributed by atoms with Gasteiger partial charge >= 0.3 is 0 Å². The van der Waals surface area contributed by atoms with Gasteiger partial charge in [0.05, 0.1) is 6.61 Å². The summed E-state index contributed by atoms with van der Waals surface area (Å²) in [6.07, 6.45) is 3.76. The van der Waals surface area contributed by atoms with Crippen LogP contribution in [0.5, 0.6) is 0 Å². The van der Waals surface area contributed by atoms with Crippen LogP contribution in [-0.4, -0.2) is 40.0 Å². The number of aliphatic hydroxyl groups is 1. The van der Waals surface area contributed by atoms with Crippen molar-refractivity contribution in [2.45, 2.75) is 37.4 Å². The van der Waals surface area contributed by atoms with Crippen LogP contribution >= 0.6 is 11.8 Å². The molecule has 0 saturated carbocycles. The van der Waals surface area contributed by atoms with E-state index in [1.54, 1.807) is 18.0 Å². The molecule has 0 aromatic carbocycles. The van der Waals surface area contributed by atoms with Crippen molar-refractivity contribution >= 4 is 11.8 Å². The minimum Gasteiger partial charge on any atom is -0.394 e. The Morgan fingerprint density at radius 2 is 2.29 bits per heavy atom. The maximum absolute atomic E-state index is 9.24. The summed E-state index contributed by atoms with van der Waals surface area (Å²) in [7, 11) is 1.88. The zero-order valence-corrected chi connectivity index (χ0v) is 11.5. The lowest BCUT2D eigenvalue weighted by molar-refractivity contribution is 0.173. The molecule has 1 heterocycles. The standard InChI is InChI=1S/C12H21N3OS/c1-10-5-7-14-11(15-10)17-8-4-6-12(2,9-16)13-3/h5,7,13,16H,4,6,8-9H2,1-3H3. The van der Waals surface area contributed by atoms with Gasteiger partial charge in [0.25, 0.3) is 0 Å². The minimum atomic E-state index is -0.173. The maximum atomic E-state index is 9.24.